The quantitative estimate of drug-likeness (QED) is 0.299. The third kappa shape index (κ3) is 6.25. The number of hydrogen-bond donors (Lipinski definition) is 1. The van der Waals surface area contributed by atoms with E-state index in [0.29, 0.717) is 22.7 Å². The fourth-order valence-electron chi connectivity index (χ4n) is 5.78. The van der Waals surface area contributed by atoms with Crippen molar-refractivity contribution in [2.45, 2.75) is 104 Å². The molecule has 12 heteroatoms. The lowest BCUT2D eigenvalue weighted by Gasteiger charge is -2.38. The maximum absolute atomic E-state index is 12.6. The van der Waals surface area contributed by atoms with Crippen molar-refractivity contribution in [2.24, 2.45) is 11.8 Å². The van der Waals surface area contributed by atoms with Gasteiger partial charge in [0.05, 0.1) is 42.7 Å². The van der Waals surface area contributed by atoms with Crippen LogP contribution in [0.25, 0.3) is 0 Å². The van der Waals surface area contributed by atoms with Gasteiger partial charge < -0.3 is 19.5 Å². The Bertz CT molecular complexity index is 861. The molecule has 2 saturated carbocycles. The Morgan fingerprint density at radius 2 is 1.18 bits per heavy atom. The van der Waals surface area contributed by atoms with Crippen molar-refractivity contribution in [1.82, 2.24) is 5.32 Å². The summed E-state index contributed by atoms with van der Waals surface area (Å²) in [5, 5.41) is 2.79. The number of carbonyl (C=O) groups excluding carboxylic acids is 2. The van der Waals surface area contributed by atoms with Crippen LogP contribution in [-0.4, -0.2) is 49.6 Å². The molecule has 2 heterocycles. The van der Waals surface area contributed by atoms with Gasteiger partial charge in [-0.2, -0.15) is 26.3 Å². The van der Waals surface area contributed by atoms with Gasteiger partial charge in [0, 0.05) is 0 Å². The summed E-state index contributed by atoms with van der Waals surface area (Å²) < 4.78 is 91.3. The molecule has 0 unspecified atom stereocenters. The minimum absolute atomic E-state index is 0. The highest BCUT2D eigenvalue weighted by molar-refractivity contribution is 5.97. The van der Waals surface area contributed by atoms with Crippen LogP contribution in [0.1, 0.15) is 80.1 Å². The number of alkyl halides is 6. The molecule has 38 heavy (non-hydrogen) atoms. The Hall–Kier alpha value is -2.40. The summed E-state index contributed by atoms with van der Waals surface area (Å²) >= 11 is 0. The zero-order valence-corrected chi connectivity index (χ0v) is 20.6. The van der Waals surface area contributed by atoms with Gasteiger partial charge in [-0.05, 0) is 65.2 Å². The highest BCUT2D eigenvalue weighted by atomic mass is 19.4. The van der Waals surface area contributed by atoms with Crippen molar-refractivity contribution in [1.29, 1.82) is 0 Å². The summed E-state index contributed by atoms with van der Waals surface area (Å²) in [5.41, 5.74) is -0.832. The molecular formula is C26H39F6NO5. The number of methoxy groups -OCH3 is 2. The van der Waals surface area contributed by atoms with Gasteiger partial charge in [0.25, 0.3) is 5.91 Å². The SMILES string of the molecule is C.C.COC1=C(C)C(=O)NC12CCC(C(F)(F)F)CC2.COC1=C(C)C(=O)OC12CCC(C(F)(F)F)CC2. The fraction of sp³-hybridized carbons (Fsp3) is 0.769. The van der Waals surface area contributed by atoms with E-state index in [1.807, 2.05) is 0 Å². The van der Waals surface area contributed by atoms with Crippen molar-refractivity contribution in [2.75, 3.05) is 14.2 Å². The minimum atomic E-state index is -4.17. The van der Waals surface area contributed by atoms with Crippen molar-refractivity contribution < 1.29 is 50.1 Å². The molecule has 0 aromatic heterocycles. The van der Waals surface area contributed by atoms with E-state index in [0.717, 1.165) is 0 Å². The van der Waals surface area contributed by atoms with E-state index in [4.69, 9.17) is 14.2 Å². The van der Waals surface area contributed by atoms with Gasteiger partial charge >= 0.3 is 18.3 Å². The lowest BCUT2D eigenvalue weighted by Crippen LogP contribution is -2.49. The van der Waals surface area contributed by atoms with Gasteiger partial charge in [-0.15, -0.1) is 0 Å². The lowest BCUT2D eigenvalue weighted by atomic mass is 9.75. The monoisotopic (exact) mass is 559 g/mol. The molecule has 0 aromatic rings. The summed E-state index contributed by atoms with van der Waals surface area (Å²) in [7, 11) is 2.87. The second-order valence-corrected chi connectivity index (χ2v) is 9.87. The third-order valence-corrected chi connectivity index (χ3v) is 7.78. The molecule has 2 fully saturated rings. The molecule has 4 rings (SSSR count). The van der Waals surface area contributed by atoms with Crippen LogP contribution in [0, 0.1) is 11.8 Å². The minimum Gasteiger partial charge on any atom is -0.498 e. The number of amides is 1. The van der Waals surface area contributed by atoms with Gasteiger partial charge in [-0.25, -0.2) is 4.79 Å². The van der Waals surface area contributed by atoms with Crippen LogP contribution < -0.4 is 5.32 Å². The number of halogens is 6. The summed E-state index contributed by atoms with van der Waals surface area (Å²) in [6.45, 7) is 3.21. The number of rotatable bonds is 2. The first-order chi connectivity index (χ1) is 16.6. The van der Waals surface area contributed by atoms with E-state index in [-0.39, 0.29) is 72.1 Å². The topological polar surface area (TPSA) is 73.9 Å². The molecule has 1 amide bonds. The van der Waals surface area contributed by atoms with Crippen LogP contribution in [-0.2, 0) is 23.8 Å². The second-order valence-electron chi connectivity index (χ2n) is 9.87. The van der Waals surface area contributed by atoms with Crippen LogP contribution in [0.5, 0.6) is 0 Å². The number of nitrogens with one attached hydrogen (secondary N) is 1. The van der Waals surface area contributed by atoms with Crippen LogP contribution in [0.15, 0.2) is 22.7 Å². The molecule has 1 N–H and O–H groups in total. The van der Waals surface area contributed by atoms with Gasteiger partial charge in [0.1, 0.15) is 11.5 Å². The number of carbonyl (C=O) groups is 2. The molecule has 6 nitrogen and oxygen atoms in total. The summed E-state index contributed by atoms with van der Waals surface area (Å²) in [4.78, 5) is 23.1. The van der Waals surface area contributed by atoms with Crippen molar-refractivity contribution in [3.8, 4) is 0 Å². The predicted molar refractivity (Wildman–Crippen MR) is 129 cm³/mol. The average molecular weight is 560 g/mol. The first-order valence-corrected chi connectivity index (χ1v) is 11.8. The van der Waals surface area contributed by atoms with Crippen LogP contribution in [0.4, 0.5) is 26.3 Å². The molecule has 0 saturated heterocycles. The van der Waals surface area contributed by atoms with E-state index in [9.17, 15) is 35.9 Å². The average Bonchev–Trinajstić information content (AvgIpc) is 3.15. The maximum Gasteiger partial charge on any atom is 0.391 e. The first-order valence-electron chi connectivity index (χ1n) is 11.8. The number of ether oxygens (including phenoxy) is 3. The van der Waals surface area contributed by atoms with Crippen LogP contribution in [0.2, 0.25) is 0 Å². The fourth-order valence-corrected chi connectivity index (χ4v) is 5.78. The highest BCUT2D eigenvalue weighted by Gasteiger charge is 2.54. The van der Waals surface area contributed by atoms with E-state index >= 15 is 0 Å². The summed E-state index contributed by atoms with van der Waals surface area (Å²) in [6, 6.07) is 0. The highest BCUT2D eigenvalue weighted by Crippen LogP contribution is 2.49. The van der Waals surface area contributed by atoms with Gasteiger partial charge in [-0.3, -0.25) is 4.79 Å². The molecule has 0 aromatic carbocycles. The Balaban J connectivity index is 0.000000361. The largest absolute Gasteiger partial charge is 0.498 e. The van der Waals surface area contributed by atoms with E-state index in [2.05, 4.69) is 5.32 Å². The molecule has 2 aliphatic heterocycles. The second kappa shape index (κ2) is 11.8. The zero-order chi connectivity index (χ0) is 27.1. The summed E-state index contributed by atoms with van der Waals surface area (Å²) in [5.74, 6) is -2.39. The van der Waals surface area contributed by atoms with E-state index in [1.54, 1.807) is 13.8 Å². The van der Waals surface area contributed by atoms with E-state index < -0.39 is 41.3 Å². The first kappa shape index (κ1) is 33.6. The Kier molecular flexibility index (Phi) is 10.4. The predicted octanol–water partition coefficient (Wildman–Crippen LogP) is 6.76. The molecule has 220 valence electrons. The van der Waals surface area contributed by atoms with E-state index in [1.165, 1.54) is 14.2 Å². The Morgan fingerprint density at radius 3 is 1.58 bits per heavy atom. The maximum atomic E-state index is 12.6. The smallest absolute Gasteiger partial charge is 0.391 e. The van der Waals surface area contributed by atoms with Crippen molar-refractivity contribution in [3.63, 3.8) is 0 Å². The van der Waals surface area contributed by atoms with Gasteiger partial charge in [0.15, 0.2) is 5.60 Å². The molecule has 2 aliphatic carbocycles. The molecule has 0 radical (unpaired) electrons. The summed E-state index contributed by atoms with van der Waals surface area (Å²) in [6.07, 6.45) is -7.41. The van der Waals surface area contributed by atoms with Crippen LogP contribution in [0.3, 0.4) is 0 Å². The zero-order valence-electron chi connectivity index (χ0n) is 20.6. The number of esters is 1. The Labute approximate surface area is 220 Å². The molecule has 2 spiro atoms. The molecule has 0 atom stereocenters. The van der Waals surface area contributed by atoms with Crippen molar-refractivity contribution in [3.05, 3.63) is 22.7 Å². The lowest BCUT2D eigenvalue weighted by molar-refractivity contribution is -0.194. The molecule has 0 bridgehead atoms. The van der Waals surface area contributed by atoms with Gasteiger partial charge in [-0.1, -0.05) is 14.9 Å². The van der Waals surface area contributed by atoms with Crippen molar-refractivity contribution >= 4 is 11.9 Å². The standard InChI is InChI=1S/C12H16F3NO2.C12H15F3O3.2CH4/c1-7-9(18-2)11(16-10(7)17)5-3-8(4-6-11)12(13,14)15;1-7-9(17-2)11(18-10(7)16)5-3-8(4-6-11)12(13,14)15;;/h8H,3-6H2,1-2H3,(H,16,17);8H,3-6H2,1-2H3;2*1H4. The van der Waals surface area contributed by atoms with Crippen LogP contribution >= 0.6 is 0 Å². The third-order valence-electron chi connectivity index (χ3n) is 7.78. The van der Waals surface area contributed by atoms with Gasteiger partial charge in [0.2, 0.25) is 0 Å². The Morgan fingerprint density at radius 1 is 0.763 bits per heavy atom. The molecular weight excluding hydrogens is 520 g/mol. The number of hydrogen-bond acceptors (Lipinski definition) is 5. The molecule has 4 aliphatic rings. The normalized spacial score (nSPS) is 31.2.